The van der Waals surface area contributed by atoms with Crippen molar-refractivity contribution in [1.29, 1.82) is 0 Å². The van der Waals surface area contributed by atoms with Crippen molar-refractivity contribution in [2.45, 2.75) is 38.8 Å². The van der Waals surface area contributed by atoms with E-state index in [9.17, 15) is 0 Å². The van der Waals surface area contributed by atoms with Crippen molar-refractivity contribution in [3.8, 4) is 12.3 Å². The minimum Gasteiger partial charge on any atom is -0.374 e. The molecule has 16 heavy (non-hydrogen) atoms. The fourth-order valence-electron chi connectivity index (χ4n) is 1.99. The van der Waals surface area contributed by atoms with Gasteiger partial charge in [0.15, 0.2) is 0 Å². The van der Waals surface area contributed by atoms with Gasteiger partial charge in [0.2, 0.25) is 0 Å². The van der Waals surface area contributed by atoms with Gasteiger partial charge in [0.1, 0.15) is 0 Å². The van der Waals surface area contributed by atoms with E-state index in [2.05, 4.69) is 30.0 Å². The predicted molar refractivity (Wildman–Crippen MR) is 67.4 cm³/mol. The minimum absolute atomic E-state index is 0.320. The molecule has 1 rings (SSSR count). The molecule has 0 spiro atoms. The SMILES string of the molecule is C#CCC(CC)NCC1CN(CC)CCO1. The first kappa shape index (κ1) is 13.5. The molecule has 92 valence electrons. The maximum atomic E-state index is 5.73. The third kappa shape index (κ3) is 4.52. The molecule has 3 nitrogen and oxygen atoms in total. The van der Waals surface area contributed by atoms with Crippen LogP contribution in [0.4, 0.5) is 0 Å². The van der Waals surface area contributed by atoms with Gasteiger partial charge < -0.3 is 10.1 Å². The Morgan fingerprint density at radius 1 is 1.56 bits per heavy atom. The number of morpholine rings is 1. The molecule has 1 fully saturated rings. The highest BCUT2D eigenvalue weighted by Crippen LogP contribution is 2.05. The van der Waals surface area contributed by atoms with Crippen LogP contribution in [0.5, 0.6) is 0 Å². The second-order valence-corrected chi connectivity index (χ2v) is 4.31. The summed E-state index contributed by atoms with van der Waals surface area (Å²) in [7, 11) is 0. The van der Waals surface area contributed by atoms with Gasteiger partial charge in [0.25, 0.3) is 0 Å². The minimum atomic E-state index is 0.320. The van der Waals surface area contributed by atoms with Crippen molar-refractivity contribution < 1.29 is 4.74 Å². The van der Waals surface area contributed by atoms with E-state index in [1.807, 2.05) is 0 Å². The first-order valence-electron chi connectivity index (χ1n) is 6.30. The summed E-state index contributed by atoms with van der Waals surface area (Å²) in [6, 6.07) is 0.436. The van der Waals surface area contributed by atoms with Gasteiger partial charge in [-0.25, -0.2) is 0 Å². The largest absolute Gasteiger partial charge is 0.374 e. The molecule has 0 aromatic heterocycles. The van der Waals surface area contributed by atoms with E-state index in [1.54, 1.807) is 0 Å². The molecule has 0 amide bonds. The van der Waals surface area contributed by atoms with Crippen LogP contribution in [0.3, 0.4) is 0 Å². The highest BCUT2D eigenvalue weighted by Gasteiger charge is 2.19. The number of nitrogens with zero attached hydrogens (tertiary/aromatic N) is 1. The lowest BCUT2D eigenvalue weighted by atomic mass is 10.1. The summed E-state index contributed by atoms with van der Waals surface area (Å²) in [4.78, 5) is 2.43. The average molecular weight is 224 g/mol. The van der Waals surface area contributed by atoms with Gasteiger partial charge in [0.05, 0.1) is 12.7 Å². The Morgan fingerprint density at radius 2 is 2.38 bits per heavy atom. The number of terminal acetylenes is 1. The van der Waals surface area contributed by atoms with Crippen LogP contribution in [0, 0.1) is 12.3 Å². The van der Waals surface area contributed by atoms with Gasteiger partial charge >= 0.3 is 0 Å². The van der Waals surface area contributed by atoms with E-state index < -0.39 is 0 Å². The quantitative estimate of drug-likeness (QED) is 0.684. The Balaban J connectivity index is 2.23. The Bertz CT molecular complexity index is 224. The molecule has 2 unspecified atom stereocenters. The van der Waals surface area contributed by atoms with Gasteiger partial charge in [-0.1, -0.05) is 13.8 Å². The van der Waals surface area contributed by atoms with Gasteiger partial charge in [0, 0.05) is 32.1 Å². The molecule has 1 aliphatic rings. The molecule has 0 saturated carbocycles. The number of likely N-dealkylation sites (N-methyl/N-ethyl adjacent to an activating group) is 1. The lowest BCUT2D eigenvalue weighted by Gasteiger charge is -2.32. The lowest BCUT2D eigenvalue weighted by Crippen LogP contribution is -2.47. The zero-order valence-corrected chi connectivity index (χ0v) is 10.5. The lowest BCUT2D eigenvalue weighted by molar-refractivity contribution is -0.0263. The number of nitrogens with one attached hydrogen (secondary N) is 1. The first-order valence-corrected chi connectivity index (χ1v) is 6.30. The Hall–Kier alpha value is -0.560. The second kappa shape index (κ2) is 7.67. The summed E-state index contributed by atoms with van der Waals surface area (Å²) >= 11 is 0. The van der Waals surface area contributed by atoms with Gasteiger partial charge in [-0.05, 0) is 13.0 Å². The number of ether oxygens (including phenoxy) is 1. The van der Waals surface area contributed by atoms with E-state index in [4.69, 9.17) is 11.2 Å². The van der Waals surface area contributed by atoms with Crippen molar-refractivity contribution >= 4 is 0 Å². The first-order chi connectivity index (χ1) is 7.80. The predicted octanol–water partition coefficient (Wildman–Crippen LogP) is 1.10. The summed E-state index contributed by atoms with van der Waals surface area (Å²) in [5.74, 6) is 2.71. The standard InChI is InChI=1S/C13H24N2O/c1-4-7-12(5-2)14-10-13-11-15(6-3)8-9-16-13/h1,12-14H,5-11H2,2-3H3. The Morgan fingerprint density at radius 3 is 3.00 bits per heavy atom. The van der Waals surface area contributed by atoms with Crippen molar-refractivity contribution in [2.75, 3.05) is 32.8 Å². The van der Waals surface area contributed by atoms with E-state index in [0.29, 0.717) is 12.1 Å². The molecule has 1 aliphatic heterocycles. The maximum absolute atomic E-state index is 5.73. The fourth-order valence-corrected chi connectivity index (χ4v) is 1.99. The molecule has 0 aliphatic carbocycles. The second-order valence-electron chi connectivity index (χ2n) is 4.31. The third-order valence-electron chi connectivity index (χ3n) is 3.16. The maximum Gasteiger partial charge on any atom is 0.0826 e. The summed E-state index contributed by atoms with van der Waals surface area (Å²) in [6.45, 7) is 9.34. The monoisotopic (exact) mass is 224 g/mol. The van der Waals surface area contributed by atoms with Crippen LogP contribution in [0.2, 0.25) is 0 Å². The smallest absolute Gasteiger partial charge is 0.0826 e. The molecule has 1 saturated heterocycles. The van der Waals surface area contributed by atoms with Gasteiger partial charge in [-0.15, -0.1) is 12.3 Å². The van der Waals surface area contributed by atoms with Crippen LogP contribution in [0.15, 0.2) is 0 Å². The average Bonchev–Trinajstić information content (AvgIpc) is 2.34. The molecular formula is C13H24N2O. The summed E-state index contributed by atoms with van der Waals surface area (Å²) in [6.07, 6.45) is 7.53. The van der Waals surface area contributed by atoms with Crippen molar-refractivity contribution in [1.82, 2.24) is 10.2 Å². The highest BCUT2D eigenvalue weighted by atomic mass is 16.5. The molecule has 0 aromatic rings. The molecule has 0 aromatic carbocycles. The van der Waals surface area contributed by atoms with Crippen LogP contribution in [-0.2, 0) is 4.74 Å². The van der Waals surface area contributed by atoms with Crippen LogP contribution in [0.25, 0.3) is 0 Å². The summed E-state index contributed by atoms with van der Waals surface area (Å²) in [5.41, 5.74) is 0. The van der Waals surface area contributed by atoms with Crippen molar-refractivity contribution in [3.63, 3.8) is 0 Å². The molecule has 0 radical (unpaired) electrons. The van der Waals surface area contributed by atoms with E-state index in [0.717, 1.165) is 45.6 Å². The van der Waals surface area contributed by atoms with Crippen molar-refractivity contribution in [2.24, 2.45) is 0 Å². The van der Waals surface area contributed by atoms with Crippen LogP contribution < -0.4 is 5.32 Å². The molecular weight excluding hydrogens is 200 g/mol. The van der Waals surface area contributed by atoms with E-state index in [-0.39, 0.29) is 0 Å². The van der Waals surface area contributed by atoms with Crippen LogP contribution in [0.1, 0.15) is 26.7 Å². The zero-order chi connectivity index (χ0) is 11.8. The van der Waals surface area contributed by atoms with Crippen LogP contribution >= 0.6 is 0 Å². The highest BCUT2D eigenvalue weighted by molar-refractivity contribution is 4.89. The molecule has 1 heterocycles. The topological polar surface area (TPSA) is 24.5 Å². The van der Waals surface area contributed by atoms with E-state index in [1.165, 1.54) is 0 Å². The molecule has 3 heteroatoms. The van der Waals surface area contributed by atoms with E-state index >= 15 is 0 Å². The molecule has 2 atom stereocenters. The van der Waals surface area contributed by atoms with Crippen LogP contribution in [-0.4, -0.2) is 49.8 Å². The number of rotatable bonds is 6. The number of hydrogen-bond acceptors (Lipinski definition) is 3. The van der Waals surface area contributed by atoms with Crippen molar-refractivity contribution in [3.05, 3.63) is 0 Å². The molecule has 1 N–H and O–H groups in total. The normalized spacial score (nSPS) is 23.9. The number of hydrogen-bond donors (Lipinski definition) is 1. The third-order valence-corrected chi connectivity index (χ3v) is 3.16. The zero-order valence-electron chi connectivity index (χ0n) is 10.5. The fraction of sp³-hybridized carbons (Fsp3) is 0.846. The summed E-state index contributed by atoms with van der Waals surface area (Å²) in [5, 5.41) is 3.49. The van der Waals surface area contributed by atoms with Gasteiger partial charge in [-0.2, -0.15) is 0 Å². The van der Waals surface area contributed by atoms with Gasteiger partial charge in [-0.3, -0.25) is 4.90 Å². The molecule has 0 bridgehead atoms. The Labute approximate surface area is 99.5 Å². The summed E-state index contributed by atoms with van der Waals surface area (Å²) < 4.78 is 5.73. The Kier molecular flexibility index (Phi) is 6.47.